The molecule has 0 spiro atoms. The molecule has 0 unspecified atom stereocenters. The Bertz CT molecular complexity index is 577. The van der Waals surface area contributed by atoms with E-state index in [9.17, 15) is 0 Å². The lowest BCUT2D eigenvalue weighted by molar-refractivity contribution is 0.641. The number of nitrogens with zero attached hydrogens (tertiary/aromatic N) is 4. The number of piperazine rings is 1. The van der Waals surface area contributed by atoms with Crippen molar-refractivity contribution in [2.45, 2.75) is 11.9 Å². The standard InChI is InChI=1S/C15H18N4S/c1-12-3-2-4-13(11-12)18-7-9-19(10-8-18)14-5-6-15(20)17-16-14/h2-6,11H,7-10H2,1H3,(H,17,20). The van der Waals surface area contributed by atoms with E-state index in [4.69, 9.17) is 0 Å². The van der Waals surface area contributed by atoms with Gasteiger partial charge in [-0.3, -0.25) is 0 Å². The van der Waals surface area contributed by atoms with E-state index in [1.54, 1.807) is 0 Å². The van der Waals surface area contributed by atoms with Crippen LogP contribution in [0, 0.1) is 6.92 Å². The van der Waals surface area contributed by atoms with Crippen LogP contribution in [0.2, 0.25) is 0 Å². The van der Waals surface area contributed by atoms with Gasteiger partial charge in [0.15, 0.2) is 5.82 Å². The van der Waals surface area contributed by atoms with Crippen LogP contribution in [0.15, 0.2) is 41.4 Å². The topological polar surface area (TPSA) is 32.3 Å². The van der Waals surface area contributed by atoms with Gasteiger partial charge in [0.1, 0.15) is 5.03 Å². The average Bonchev–Trinajstić information content (AvgIpc) is 2.48. The second-order valence-electron chi connectivity index (χ2n) is 5.06. The van der Waals surface area contributed by atoms with Gasteiger partial charge in [-0.1, -0.05) is 12.1 Å². The number of hydrogen-bond acceptors (Lipinski definition) is 5. The van der Waals surface area contributed by atoms with Crippen molar-refractivity contribution >= 4 is 24.1 Å². The highest BCUT2D eigenvalue weighted by Gasteiger charge is 2.18. The quantitative estimate of drug-likeness (QED) is 0.859. The molecule has 0 atom stereocenters. The molecular formula is C15H18N4S. The first-order valence-electron chi connectivity index (χ1n) is 6.81. The van der Waals surface area contributed by atoms with E-state index in [1.165, 1.54) is 11.3 Å². The molecule has 0 amide bonds. The zero-order valence-corrected chi connectivity index (χ0v) is 12.4. The van der Waals surface area contributed by atoms with Crippen molar-refractivity contribution < 1.29 is 0 Å². The van der Waals surface area contributed by atoms with Crippen LogP contribution < -0.4 is 9.80 Å². The molecule has 1 aromatic carbocycles. The second kappa shape index (κ2) is 5.71. The predicted octanol–water partition coefficient (Wildman–Crippen LogP) is 2.40. The summed E-state index contributed by atoms with van der Waals surface area (Å²) in [5, 5.41) is 8.86. The third-order valence-corrected chi connectivity index (χ3v) is 3.85. The highest BCUT2D eigenvalue weighted by molar-refractivity contribution is 7.80. The highest BCUT2D eigenvalue weighted by atomic mass is 32.1. The van der Waals surface area contributed by atoms with Crippen LogP contribution in [0.4, 0.5) is 11.5 Å². The summed E-state index contributed by atoms with van der Waals surface area (Å²) in [4.78, 5) is 4.69. The van der Waals surface area contributed by atoms with Crippen LogP contribution in [0.25, 0.3) is 0 Å². The maximum atomic E-state index is 4.19. The van der Waals surface area contributed by atoms with Crippen molar-refractivity contribution in [1.82, 2.24) is 10.2 Å². The second-order valence-corrected chi connectivity index (χ2v) is 5.52. The molecule has 104 valence electrons. The lowest BCUT2D eigenvalue weighted by Gasteiger charge is -2.36. The molecule has 1 fully saturated rings. The third kappa shape index (κ3) is 2.88. The smallest absolute Gasteiger partial charge is 0.151 e. The fraction of sp³-hybridized carbons (Fsp3) is 0.333. The van der Waals surface area contributed by atoms with Gasteiger partial charge in [0.05, 0.1) is 0 Å². The Morgan fingerprint density at radius 1 is 0.950 bits per heavy atom. The van der Waals surface area contributed by atoms with E-state index < -0.39 is 0 Å². The number of benzene rings is 1. The summed E-state index contributed by atoms with van der Waals surface area (Å²) in [5.41, 5.74) is 2.61. The van der Waals surface area contributed by atoms with Crippen molar-refractivity contribution in [3.8, 4) is 0 Å². The van der Waals surface area contributed by atoms with Crippen LogP contribution in [0.1, 0.15) is 5.56 Å². The number of rotatable bonds is 2. The zero-order chi connectivity index (χ0) is 13.9. The maximum absolute atomic E-state index is 4.19. The summed E-state index contributed by atoms with van der Waals surface area (Å²) in [7, 11) is 0. The van der Waals surface area contributed by atoms with Gasteiger partial charge in [0, 0.05) is 31.9 Å². The van der Waals surface area contributed by atoms with E-state index in [1.807, 2.05) is 12.1 Å². The van der Waals surface area contributed by atoms with Gasteiger partial charge in [-0.15, -0.1) is 22.8 Å². The Morgan fingerprint density at radius 3 is 2.35 bits per heavy atom. The van der Waals surface area contributed by atoms with Crippen molar-refractivity contribution in [3.05, 3.63) is 42.0 Å². The molecular weight excluding hydrogens is 268 g/mol. The van der Waals surface area contributed by atoms with Gasteiger partial charge in [0.25, 0.3) is 0 Å². The fourth-order valence-corrected chi connectivity index (χ4v) is 2.62. The normalized spacial score (nSPS) is 15.5. The molecule has 0 N–H and O–H groups in total. The van der Waals surface area contributed by atoms with E-state index in [-0.39, 0.29) is 0 Å². The monoisotopic (exact) mass is 286 g/mol. The van der Waals surface area contributed by atoms with Crippen molar-refractivity contribution in [2.75, 3.05) is 36.0 Å². The Kier molecular flexibility index (Phi) is 3.78. The molecule has 0 saturated carbocycles. The predicted molar refractivity (Wildman–Crippen MR) is 84.9 cm³/mol. The molecule has 1 saturated heterocycles. The van der Waals surface area contributed by atoms with Crippen molar-refractivity contribution in [1.29, 1.82) is 0 Å². The van der Waals surface area contributed by atoms with Crippen LogP contribution in [0.3, 0.4) is 0 Å². The van der Waals surface area contributed by atoms with Crippen LogP contribution >= 0.6 is 12.6 Å². The van der Waals surface area contributed by atoms with Crippen molar-refractivity contribution in [3.63, 3.8) is 0 Å². The molecule has 1 aromatic heterocycles. The summed E-state index contributed by atoms with van der Waals surface area (Å²) >= 11 is 4.17. The molecule has 20 heavy (non-hydrogen) atoms. The SMILES string of the molecule is Cc1cccc(N2CCN(c3ccc(S)nn3)CC2)c1. The first kappa shape index (κ1) is 13.2. The number of aryl methyl sites for hydroxylation is 1. The van der Waals surface area contributed by atoms with Crippen molar-refractivity contribution in [2.24, 2.45) is 0 Å². The number of anilines is 2. The van der Waals surface area contributed by atoms with Gasteiger partial charge >= 0.3 is 0 Å². The minimum Gasteiger partial charge on any atom is -0.368 e. The Hall–Kier alpha value is -1.75. The fourth-order valence-electron chi connectivity index (χ4n) is 2.51. The summed E-state index contributed by atoms with van der Waals surface area (Å²) in [5.74, 6) is 0.937. The number of aromatic nitrogens is 2. The van der Waals surface area contributed by atoms with Gasteiger partial charge in [-0.05, 0) is 36.8 Å². The molecule has 1 aliphatic heterocycles. The third-order valence-electron chi connectivity index (χ3n) is 3.61. The van der Waals surface area contributed by atoms with Gasteiger partial charge < -0.3 is 9.80 Å². The van der Waals surface area contributed by atoms with Gasteiger partial charge in [-0.2, -0.15) is 0 Å². The number of thiol groups is 1. The van der Waals surface area contributed by atoms with Gasteiger partial charge in [0.2, 0.25) is 0 Å². The molecule has 0 bridgehead atoms. The Balaban J connectivity index is 1.66. The highest BCUT2D eigenvalue weighted by Crippen LogP contribution is 2.20. The minimum atomic E-state index is 0.659. The molecule has 2 heterocycles. The lowest BCUT2D eigenvalue weighted by Crippen LogP contribution is -2.46. The molecule has 4 nitrogen and oxygen atoms in total. The largest absolute Gasteiger partial charge is 0.368 e. The first-order valence-corrected chi connectivity index (χ1v) is 7.26. The zero-order valence-electron chi connectivity index (χ0n) is 11.5. The summed E-state index contributed by atoms with van der Waals surface area (Å²) in [6.45, 7) is 6.08. The van der Waals surface area contributed by atoms with E-state index >= 15 is 0 Å². The lowest BCUT2D eigenvalue weighted by atomic mass is 10.2. The van der Waals surface area contributed by atoms with Crippen LogP contribution in [-0.4, -0.2) is 36.4 Å². The molecule has 3 rings (SSSR count). The van der Waals surface area contributed by atoms with E-state index in [2.05, 4.69) is 63.8 Å². The molecule has 0 radical (unpaired) electrons. The Morgan fingerprint density at radius 2 is 1.70 bits per heavy atom. The number of hydrogen-bond donors (Lipinski definition) is 1. The van der Waals surface area contributed by atoms with E-state index in [0.29, 0.717) is 5.03 Å². The van der Waals surface area contributed by atoms with Gasteiger partial charge in [-0.25, -0.2) is 0 Å². The maximum Gasteiger partial charge on any atom is 0.151 e. The molecule has 2 aromatic rings. The molecule has 1 aliphatic rings. The molecule has 0 aliphatic carbocycles. The van der Waals surface area contributed by atoms with E-state index in [0.717, 1.165) is 32.0 Å². The Labute approximate surface area is 124 Å². The van der Waals surface area contributed by atoms with Crippen LogP contribution in [-0.2, 0) is 0 Å². The molecule has 5 heteroatoms. The first-order chi connectivity index (χ1) is 9.72. The summed E-state index contributed by atoms with van der Waals surface area (Å²) in [6, 6.07) is 12.5. The minimum absolute atomic E-state index is 0.659. The summed E-state index contributed by atoms with van der Waals surface area (Å²) in [6.07, 6.45) is 0. The summed E-state index contributed by atoms with van der Waals surface area (Å²) < 4.78 is 0. The average molecular weight is 286 g/mol. The van der Waals surface area contributed by atoms with Crippen LogP contribution in [0.5, 0.6) is 0 Å².